The zero-order chi connectivity index (χ0) is 20.9. The van der Waals surface area contributed by atoms with Crippen LogP contribution in [0.5, 0.6) is 0 Å². The van der Waals surface area contributed by atoms with E-state index in [4.69, 9.17) is 0 Å². The van der Waals surface area contributed by atoms with E-state index in [0.717, 1.165) is 75.3 Å². The monoisotopic (exact) mass is 402 g/mol. The van der Waals surface area contributed by atoms with E-state index >= 15 is 0 Å². The number of hydrogen-bond donors (Lipinski definition) is 0. The fraction of sp³-hybridized carbons (Fsp3) is 0.440. The number of likely N-dealkylation sites (tertiary alicyclic amines) is 1. The van der Waals surface area contributed by atoms with Gasteiger partial charge in [0.05, 0.1) is 11.6 Å². The lowest BCUT2D eigenvalue weighted by atomic mass is 9.97. The molecule has 2 saturated heterocycles. The largest absolute Gasteiger partial charge is 0.339 e. The van der Waals surface area contributed by atoms with Gasteiger partial charge in [0, 0.05) is 38.3 Å². The number of nitriles is 1. The predicted octanol–water partition coefficient (Wildman–Crippen LogP) is 3.60. The number of hydrogen-bond acceptors (Lipinski definition) is 4. The van der Waals surface area contributed by atoms with Crippen LogP contribution in [0.25, 0.3) is 11.1 Å². The maximum absolute atomic E-state index is 12.6. The van der Waals surface area contributed by atoms with Crippen molar-refractivity contribution in [3.63, 3.8) is 0 Å². The molecule has 156 valence electrons. The molecule has 0 atom stereocenters. The predicted molar refractivity (Wildman–Crippen MR) is 119 cm³/mol. The first-order chi connectivity index (χ1) is 14.6. The summed E-state index contributed by atoms with van der Waals surface area (Å²) in [5, 5.41) is 9.75. The number of benzene rings is 2. The first-order valence-electron chi connectivity index (χ1n) is 11.0. The summed E-state index contributed by atoms with van der Waals surface area (Å²) in [7, 11) is 2.18. The van der Waals surface area contributed by atoms with Gasteiger partial charge in [0.25, 0.3) is 5.91 Å². The third kappa shape index (κ3) is 4.72. The fourth-order valence-electron chi connectivity index (χ4n) is 4.45. The lowest BCUT2D eigenvalue weighted by Gasteiger charge is -2.20. The number of amides is 1. The lowest BCUT2D eigenvalue weighted by Crippen LogP contribution is -2.28. The molecule has 0 bridgehead atoms. The number of carbonyl (C=O) groups is 1. The van der Waals surface area contributed by atoms with E-state index < -0.39 is 0 Å². The van der Waals surface area contributed by atoms with Crippen LogP contribution < -0.4 is 0 Å². The van der Waals surface area contributed by atoms with Gasteiger partial charge in [0.15, 0.2) is 0 Å². The zero-order valence-electron chi connectivity index (χ0n) is 17.8. The highest BCUT2D eigenvalue weighted by atomic mass is 16.2. The molecule has 5 nitrogen and oxygen atoms in total. The maximum atomic E-state index is 12.6. The van der Waals surface area contributed by atoms with E-state index in [9.17, 15) is 10.1 Å². The van der Waals surface area contributed by atoms with Crippen LogP contribution >= 0.6 is 0 Å². The van der Waals surface area contributed by atoms with Crippen molar-refractivity contribution in [2.45, 2.75) is 25.8 Å². The minimum absolute atomic E-state index is 0.109. The van der Waals surface area contributed by atoms with Crippen molar-refractivity contribution in [3.8, 4) is 17.2 Å². The van der Waals surface area contributed by atoms with Gasteiger partial charge >= 0.3 is 0 Å². The van der Waals surface area contributed by atoms with E-state index in [1.165, 1.54) is 12.0 Å². The van der Waals surface area contributed by atoms with Crippen LogP contribution in [0.3, 0.4) is 0 Å². The van der Waals surface area contributed by atoms with Gasteiger partial charge in [-0.2, -0.15) is 5.26 Å². The van der Waals surface area contributed by atoms with Crippen molar-refractivity contribution in [1.82, 2.24) is 14.7 Å². The molecule has 0 unspecified atom stereocenters. The third-order valence-corrected chi connectivity index (χ3v) is 6.26. The molecule has 0 N–H and O–H groups in total. The van der Waals surface area contributed by atoms with Crippen molar-refractivity contribution in [2.24, 2.45) is 0 Å². The summed E-state index contributed by atoms with van der Waals surface area (Å²) in [6, 6.07) is 16.3. The summed E-state index contributed by atoms with van der Waals surface area (Å²) in [4.78, 5) is 19.3. The van der Waals surface area contributed by atoms with E-state index in [2.05, 4.69) is 35.0 Å². The number of rotatable bonds is 4. The number of likely N-dealkylation sites (N-methyl/N-ethyl adjacent to an activating group) is 1. The molecule has 5 heteroatoms. The Labute approximate surface area is 179 Å². The van der Waals surface area contributed by atoms with Gasteiger partial charge in [-0.15, -0.1) is 0 Å². The Morgan fingerprint density at radius 3 is 2.43 bits per heavy atom. The van der Waals surface area contributed by atoms with Crippen LogP contribution in [0.4, 0.5) is 0 Å². The lowest BCUT2D eigenvalue weighted by molar-refractivity contribution is 0.0793. The van der Waals surface area contributed by atoms with Crippen LogP contribution in [-0.4, -0.2) is 66.9 Å². The molecule has 4 rings (SSSR count). The Bertz CT molecular complexity index is 925. The Balaban J connectivity index is 1.49. The molecule has 2 aliphatic rings. The fourth-order valence-corrected chi connectivity index (χ4v) is 4.45. The second kappa shape index (κ2) is 9.42. The van der Waals surface area contributed by atoms with Crippen LogP contribution in [0, 0.1) is 11.3 Å². The van der Waals surface area contributed by atoms with Crippen molar-refractivity contribution < 1.29 is 4.79 Å². The number of carbonyl (C=O) groups excluding carboxylic acids is 1. The Morgan fingerprint density at radius 1 is 0.933 bits per heavy atom. The first kappa shape index (κ1) is 20.6. The van der Waals surface area contributed by atoms with Gasteiger partial charge < -0.3 is 9.80 Å². The van der Waals surface area contributed by atoms with Gasteiger partial charge in [0.1, 0.15) is 0 Å². The zero-order valence-corrected chi connectivity index (χ0v) is 17.8. The molecular weight excluding hydrogens is 372 g/mol. The minimum Gasteiger partial charge on any atom is -0.339 e. The van der Waals surface area contributed by atoms with Crippen LogP contribution in [0.15, 0.2) is 42.5 Å². The molecule has 0 saturated carbocycles. The van der Waals surface area contributed by atoms with Crippen LogP contribution in [-0.2, 0) is 6.54 Å². The average molecular weight is 403 g/mol. The smallest absolute Gasteiger partial charge is 0.253 e. The molecule has 0 aliphatic carbocycles. The van der Waals surface area contributed by atoms with Crippen LogP contribution in [0.2, 0.25) is 0 Å². The Morgan fingerprint density at radius 2 is 1.70 bits per heavy atom. The van der Waals surface area contributed by atoms with E-state index in [-0.39, 0.29) is 5.91 Å². The first-order valence-corrected chi connectivity index (χ1v) is 11.0. The molecule has 0 aromatic heterocycles. The maximum Gasteiger partial charge on any atom is 0.253 e. The third-order valence-electron chi connectivity index (χ3n) is 6.26. The second-order valence-corrected chi connectivity index (χ2v) is 8.50. The minimum atomic E-state index is 0.109. The topological polar surface area (TPSA) is 50.6 Å². The summed E-state index contributed by atoms with van der Waals surface area (Å²) in [5.74, 6) is 0.109. The van der Waals surface area contributed by atoms with Gasteiger partial charge in [-0.05, 0) is 74.3 Å². The SMILES string of the molecule is CN1CCCN(Cc2ccc(-c3ccc(C(=O)N4CCCC4)cc3)c(C#N)c2)CC1. The van der Waals surface area contributed by atoms with E-state index in [0.29, 0.717) is 5.56 Å². The molecule has 30 heavy (non-hydrogen) atoms. The highest BCUT2D eigenvalue weighted by Crippen LogP contribution is 2.26. The summed E-state index contributed by atoms with van der Waals surface area (Å²) < 4.78 is 0. The molecule has 2 aromatic rings. The highest BCUT2D eigenvalue weighted by Gasteiger charge is 2.19. The summed E-state index contributed by atoms with van der Waals surface area (Å²) in [6.45, 7) is 6.99. The average Bonchev–Trinajstić information content (AvgIpc) is 3.24. The molecule has 2 fully saturated rings. The number of nitrogens with zero attached hydrogens (tertiary/aromatic N) is 4. The normalized spacial score (nSPS) is 18.2. The van der Waals surface area contributed by atoms with Crippen LogP contribution in [0.1, 0.15) is 40.7 Å². The summed E-state index contributed by atoms with van der Waals surface area (Å²) in [6.07, 6.45) is 3.37. The van der Waals surface area contributed by atoms with Gasteiger partial charge in [0.2, 0.25) is 0 Å². The molecule has 2 heterocycles. The molecular formula is C25H30N4O. The van der Waals surface area contributed by atoms with Gasteiger partial charge in [-0.25, -0.2) is 0 Å². The molecule has 2 aliphatic heterocycles. The van der Waals surface area contributed by atoms with Crippen molar-refractivity contribution in [2.75, 3.05) is 46.3 Å². The Kier molecular flexibility index (Phi) is 6.47. The van der Waals surface area contributed by atoms with Gasteiger partial charge in [-0.1, -0.05) is 24.3 Å². The standard InChI is InChI=1S/C25H30N4O/c1-27-11-4-12-28(16-15-27)19-20-5-10-24(23(17-20)18-26)21-6-8-22(9-7-21)25(30)29-13-2-3-14-29/h5-10,17H,2-4,11-16,19H2,1H3. The summed E-state index contributed by atoms with van der Waals surface area (Å²) >= 11 is 0. The summed E-state index contributed by atoms with van der Waals surface area (Å²) in [5.41, 5.74) is 4.50. The Hall–Kier alpha value is -2.68. The highest BCUT2D eigenvalue weighted by molar-refractivity contribution is 5.95. The van der Waals surface area contributed by atoms with Crippen molar-refractivity contribution >= 4 is 5.91 Å². The molecule has 0 spiro atoms. The van der Waals surface area contributed by atoms with Crippen molar-refractivity contribution in [3.05, 3.63) is 59.2 Å². The van der Waals surface area contributed by atoms with E-state index in [1.54, 1.807) is 0 Å². The second-order valence-electron chi connectivity index (χ2n) is 8.50. The van der Waals surface area contributed by atoms with Crippen molar-refractivity contribution in [1.29, 1.82) is 5.26 Å². The quantitative estimate of drug-likeness (QED) is 0.784. The molecule has 2 aromatic carbocycles. The molecule has 1 amide bonds. The molecule has 0 radical (unpaired) electrons. The van der Waals surface area contributed by atoms with Gasteiger partial charge in [-0.3, -0.25) is 9.69 Å². The van der Waals surface area contributed by atoms with E-state index in [1.807, 2.05) is 35.2 Å².